The van der Waals surface area contributed by atoms with E-state index in [0.29, 0.717) is 0 Å². The van der Waals surface area contributed by atoms with Crippen molar-refractivity contribution in [2.24, 2.45) is 0 Å². The van der Waals surface area contributed by atoms with Gasteiger partial charge in [-0.3, -0.25) is 19.9 Å². The summed E-state index contributed by atoms with van der Waals surface area (Å²) in [5, 5.41) is 0. The molecule has 0 radical (unpaired) electrons. The Hall–Kier alpha value is -7.30. The molecule has 0 aliphatic heterocycles. The Labute approximate surface area is 315 Å². The highest BCUT2D eigenvalue weighted by Crippen LogP contribution is 2.43. The average Bonchev–Trinajstić information content (AvgIpc) is 3.27. The lowest BCUT2D eigenvalue weighted by Crippen LogP contribution is -1.93. The van der Waals surface area contributed by atoms with Crippen LogP contribution in [0.5, 0.6) is 0 Å². The minimum absolute atomic E-state index is 0.846. The fraction of sp³-hybridized carbons (Fsp3) is 0. The molecule has 0 aliphatic carbocycles. The fourth-order valence-corrected chi connectivity index (χ4v) is 7.04. The molecule has 0 unspecified atom stereocenters. The van der Waals surface area contributed by atoms with Gasteiger partial charge in [0.15, 0.2) is 0 Å². The van der Waals surface area contributed by atoms with Crippen LogP contribution >= 0.6 is 0 Å². The van der Waals surface area contributed by atoms with E-state index in [2.05, 4.69) is 190 Å². The highest BCUT2D eigenvalue weighted by Gasteiger charge is 2.17. The molecule has 4 nitrogen and oxygen atoms in total. The summed E-state index contributed by atoms with van der Waals surface area (Å²) in [6.45, 7) is 0. The SMILES string of the molecule is c1ccc(-c2ccc(-c3cc(-c4ccc(-c5ccccc5)cc4)c(-c4ccc(-c5cnccn5)cc4)cc3-c3ccc(-c4cnccn4)cc3)cc2)cc1. The number of benzene rings is 7. The molecule has 0 aliphatic rings. The van der Waals surface area contributed by atoms with Gasteiger partial charge >= 0.3 is 0 Å². The Balaban J connectivity index is 1.23. The Morgan fingerprint density at radius 3 is 0.815 bits per heavy atom. The normalized spacial score (nSPS) is 11.0. The Morgan fingerprint density at radius 2 is 0.519 bits per heavy atom. The van der Waals surface area contributed by atoms with Crippen LogP contribution in [0.15, 0.2) is 207 Å². The van der Waals surface area contributed by atoms with E-state index in [-0.39, 0.29) is 0 Å². The summed E-state index contributed by atoms with van der Waals surface area (Å²) < 4.78 is 0. The summed E-state index contributed by atoms with van der Waals surface area (Å²) in [4.78, 5) is 17.6. The molecular formula is C50H34N4. The lowest BCUT2D eigenvalue weighted by atomic mass is 9.84. The zero-order chi connectivity index (χ0) is 36.1. The van der Waals surface area contributed by atoms with Crippen LogP contribution in [0.3, 0.4) is 0 Å². The van der Waals surface area contributed by atoms with Gasteiger partial charge in [-0.15, -0.1) is 0 Å². The molecule has 7 aromatic carbocycles. The van der Waals surface area contributed by atoms with E-state index in [1.165, 1.54) is 22.3 Å². The van der Waals surface area contributed by atoms with Gasteiger partial charge in [-0.2, -0.15) is 0 Å². The molecule has 2 heterocycles. The first kappa shape index (κ1) is 32.6. The van der Waals surface area contributed by atoms with Gasteiger partial charge < -0.3 is 0 Å². The summed E-state index contributed by atoms with van der Waals surface area (Å²) in [6.07, 6.45) is 10.5. The lowest BCUT2D eigenvalue weighted by molar-refractivity contribution is 1.21. The standard InChI is InChI=1S/C50H34N4/c1-3-7-35(8-4-1)37-11-15-39(16-12-37)45-31-46(40-17-13-38(14-18-40)36-9-5-2-6-10-36)48(42-21-25-44(26-22-42)50-34-52-28-30-54-50)32-47(45)41-19-23-43(24-20-41)49-33-51-27-29-53-49/h1-34H. The summed E-state index contributed by atoms with van der Waals surface area (Å²) in [5.41, 5.74) is 17.6. The minimum Gasteiger partial charge on any atom is -0.261 e. The smallest absolute Gasteiger partial charge is 0.0885 e. The van der Waals surface area contributed by atoms with Gasteiger partial charge in [-0.05, 0) is 78.9 Å². The van der Waals surface area contributed by atoms with Gasteiger partial charge in [-0.25, -0.2) is 0 Å². The van der Waals surface area contributed by atoms with Gasteiger partial charge in [0, 0.05) is 35.9 Å². The molecule has 0 saturated carbocycles. The molecule has 254 valence electrons. The predicted molar refractivity (Wildman–Crippen MR) is 221 cm³/mol. The van der Waals surface area contributed by atoms with Crippen LogP contribution in [0.1, 0.15) is 0 Å². The van der Waals surface area contributed by atoms with Crippen LogP contribution in [-0.2, 0) is 0 Å². The average molecular weight is 691 g/mol. The number of hydrogen-bond donors (Lipinski definition) is 0. The highest BCUT2D eigenvalue weighted by molar-refractivity contribution is 5.96. The second-order valence-electron chi connectivity index (χ2n) is 13.2. The van der Waals surface area contributed by atoms with E-state index in [1.807, 2.05) is 0 Å². The maximum atomic E-state index is 4.53. The molecule has 0 fully saturated rings. The molecular weight excluding hydrogens is 657 g/mol. The summed E-state index contributed by atoms with van der Waals surface area (Å²) in [5.74, 6) is 0. The Morgan fingerprint density at radius 1 is 0.241 bits per heavy atom. The van der Waals surface area contributed by atoms with Gasteiger partial charge in [0.05, 0.1) is 23.8 Å². The van der Waals surface area contributed by atoms with Crippen molar-refractivity contribution in [2.45, 2.75) is 0 Å². The quantitative estimate of drug-likeness (QED) is 0.159. The van der Waals surface area contributed by atoms with E-state index in [9.17, 15) is 0 Å². The van der Waals surface area contributed by atoms with E-state index in [0.717, 1.165) is 67.0 Å². The van der Waals surface area contributed by atoms with Gasteiger partial charge in [0.25, 0.3) is 0 Å². The second-order valence-corrected chi connectivity index (χ2v) is 13.2. The monoisotopic (exact) mass is 690 g/mol. The lowest BCUT2D eigenvalue weighted by Gasteiger charge is -2.19. The molecule has 0 bridgehead atoms. The van der Waals surface area contributed by atoms with Crippen LogP contribution < -0.4 is 0 Å². The van der Waals surface area contributed by atoms with E-state index < -0.39 is 0 Å². The number of rotatable bonds is 8. The van der Waals surface area contributed by atoms with Crippen molar-refractivity contribution in [2.75, 3.05) is 0 Å². The van der Waals surface area contributed by atoms with E-state index in [1.54, 1.807) is 37.2 Å². The van der Waals surface area contributed by atoms with Crippen LogP contribution in [0.4, 0.5) is 0 Å². The zero-order valence-electron chi connectivity index (χ0n) is 29.4. The Bertz CT molecular complexity index is 2250. The number of hydrogen-bond acceptors (Lipinski definition) is 4. The first-order chi connectivity index (χ1) is 26.8. The molecule has 0 N–H and O–H groups in total. The summed E-state index contributed by atoms with van der Waals surface area (Å²) in [7, 11) is 0. The van der Waals surface area contributed by atoms with Crippen molar-refractivity contribution in [1.82, 2.24) is 19.9 Å². The molecule has 4 heteroatoms. The van der Waals surface area contributed by atoms with Crippen LogP contribution in [0.2, 0.25) is 0 Å². The maximum absolute atomic E-state index is 4.53. The third-order valence-electron chi connectivity index (χ3n) is 9.87. The van der Waals surface area contributed by atoms with Crippen molar-refractivity contribution in [3.63, 3.8) is 0 Å². The molecule has 54 heavy (non-hydrogen) atoms. The van der Waals surface area contributed by atoms with Crippen molar-refractivity contribution in [1.29, 1.82) is 0 Å². The molecule has 0 amide bonds. The maximum Gasteiger partial charge on any atom is 0.0885 e. The van der Waals surface area contributed by atoms with Crippen molar-refractivity contribution >= 4 is 0 Å². The number of nitrogens with zero attached hydrogens (tertiary/aromatic N) is 4. The first-order valence-electron chi connectivity index (χ1n) is 18.0. The zero-order valence-corrected chi connectivity index (χ0v) is 29.4. The minimum atomic E-state index is 0.846. The summed E-state index contributed by atoms with van der Waals surface area (Å²) >= 11 is 0. The second kappa shape index (κ2) is 14.7. The third kappa shape index (κ3) is 6.72. The van der Waals surface area contributed by atoms with Crippen molar-refractivity contribution < 1.29 is 0 Å². The van der Waals surface area contributed by atoms with Crippen LogP contribution in [0.25, 0.3) is 89.3 Å². The molecule has 0 saturated heterocycles. The van der Waals surface area contributed by atoms with Crippen molar-refractivity contribution in [3.8, 4) is 89.3 Å². The van der Waals surface area contributed by atoms with Gasteiger partial charge in [0.2, 0.25) is 0 Å². The largest absolute Gasteiger partial charge is 0.261 e. The molecule has 0 spiro atoms. The Kier molecular flexibility index (Phi) is 8.90. The third-order valence-corrected chi connectivity index (χ3v) is 9.87. The highest BCUT2D eigenvalue weighted by atomic mass is 14.8. The first-order valence-corrected chi connectivity index (χ1v) is 18.0. The number of aromatic nitrogens is 4. The van der Waals surface area contributed by atoms with Crippen LogP contribution in [0, 0.1) is 0 Å². The van der Waals surface area contributed by atoms with Crippen molar-refractivity contribution in [3.05, 3.63) is 207 Å². The molecule has 0 atom stereocenters. The van der Waals surface area contributed by atoms with Crippen LogP contribution in [-0.4, -0.2) is 19.9 Å². The topological polar surface area (TPSA) is 51.6 Å². The molecule has 9 aromatic rings. The summed E-state index contributed by atoms with van der Waals surface area (Å²) in [6, 6.07) is 60.9. The fourth-order valence-electron chi connectivity index (χ4n) is 7.04. The van der Waals surface area contributed by atoms with E-state index >= 15 is 0 Å². The van der Waals surface area contributed by atoms with Gasteiger partial charge in [0.1, 0.15) is 0 Å². The molecule has 2 aromatic heterocycles. The molecule has 9 rings (SSSR count). The van der Waals surface area contributed by atoms with Gasteiger partial charge in [-0.1, -0.05) is 158 Å². The van der Waals surface area contributed by atoms with E-state index in [4.69, 9.17) is 0 Å². The predicted octanol–water partition coefficient (Wildman–Crippen LogP) is 12.6.